The van der Waals surface area contributed by atoms with Crippen molar-refractivity contribution in [1.82, 2.24) is 10.2 Å². The molecule has 0 bridgehead atoms. The number of hydrogen-bond donors (Lipinski definition) is 1. The second-order valence-corrected chi connectivity index (χ2v) is 8.47. The molecule has 1 rings (SSSR count). The first-order valence-electron chi connectivity index (χ1n) is 7.49. The Labute approximate surface area is 123 Å². The lowest BCUT2D eigenvalue weighted by Crippen LogP contribution is -2.49. The normalized spacial score (nSPS) is 25.0. The first-order chi connectivity index (χ1) is 9.25. The van der Waals surface area contributed by atoms with Crippen LogP contribution >= 0.6 is 0 Å². The summed E-state index contributed by atoms with van der Waals surface area (Å²) in [6.45, 7) is 5.61. The van der Waals surface area contributed by atoms with E-state index in [0.29, 0.717) is 5.92 Å². The molecule has 1 fully saturated rings. The average Bonchev–Trinajstić information content (AvgIpc) is 2.37. The van der Waals surface area contributed by atoms with Crippen LogP contribution in [0.5, 0.6) is 0 Å². The third kappa shape index (κ3) is 5.31. The maximum absolute atomic E-state index is 12.2. The Kier molecular flexibility index (Phi) is 6.30. The van der Waals surface area contributed by atoms with Crippen molar-refractivity contribution in [2.24, 2.45) is 5.92 Å². The van der Waals surface area contributed by atoms with Gasteiger partial charge in [0.2, 0.25) is 0 Å². The zero-order chi connectivity index (χ0) is 15.3. The molecular weight excluding hydrogens is 276 g/mol. The van der Waals surface area contributed by atoms with E-state index in [1.165, 1.54) is 11.3 Å². The molecule has 1 saturated carbocycles. The summed E-state index contributed by atoms with van der Waals surface area (Å²) in [4.78, 5) is 13.7. The molecule has 20 heavy (non-hydrogen) atoms. The van der Waals surface area contributed by atoms with E-state index in [2.05, 4.69) is 12.2 Å². The summed E-state index contributed by atoms with van der Waals surface area (Å²) in [6.07, 6.45) is 4.41. The van der Waals surface area contributed by atoms with Crippen LogP contribution in [0, 0.1) is 5.92 Å². The highest BCUT2D eigenvalue weighted by molar-refractivity contribution is 7.91. The number of urea groups is 1. The molecule has 0 heterocycles. The number of rotatable bonds is 5. The van der Waals surface area contributed by atoms with E-state index in [0.717, 1.165) is 19.3 Å². The Morgan fingerprint density at radius 3 is 2.60 bits per heavy atom. The summed E-state index contributed by atoms with van der Waals surface area (Å²) < 4.78 is 23.2. The van der Waals surface area contributed by atoms with E-state index >= 15 is 0 Å². The molecule has 0 aromatic rings. The van der Waals surface area contributed by atoms with Gasteiger partial charge in [-0.15, -0.1) is 0 Å². The minimum atomic E-state index is -3.06. The van der Waals surface area contributed by atoms with Gasteiger partial charge in [-0.1, -0.05) is 26.7 Å². The Morgan fingerprint density at radius 1 is 1.40 bits per heavy atom. The largest absolute Gasteiger partial charge is 0.335 e. The molecule has 0 saturated heterocycles. The van der Waals surface area contributed by atoms with Crippen LogP contribution in [0.4, 0.5) is 4.79 Å². The van der Waals surface area contributed by atoms with Gasteiger partial charge in [-0.2, -0.15) is 0 Å². The predicted octanol–water partition coefficient (Wildman–Crippen LogP) is 2.03. The molecule has 1 aliphatic carbocycles. The topological polar surface area (TPSA) is 66.5 Å². The van der Waals surface area contributed by atoms with Crippen LogP contribution in [0.3, 0.4) is 0 Å². The highest BCUT2D eigenvalue weighted by atomic mass is 32.2. The SMILES string of the molecule is CCS(=O)(=O)C[C@H](C)N(C)C(=O)N[C@@H]1CCC[C@@H](C)C1. The third-order valence-electron chi connectivity index (χ3n) is 4.18. The molecule has 0 aromatic heterocycles. The van der Waals surface area contributed by atoms with Gasteiger partial charge in [-0.3, -0.25) is 0 Å². The van der Waals surface area contributed by atoms with Gasteiger partial charge in [-0.25, -0.2) is 13.2 Å². The van der Waals surface area contributed by atoms with E-state index < -0.39 is 9.84 Å². The van der Waals surface area contributed by atoms with Crippen LogP contribution in [0.25, 0.3) is 0 Å². The summed E-state index contributed by atoms with van der Waals surface area (Å²) in [6, 6.07) is -0.243. The van der Waals surface area contributed by atoms with Gasteiger partial charge in [0.15, 0.2) is 9.84 Å². The number of nitrogens with zero attached hydrogens (tertiary/aromatic N) is 1. The first kappa shape index (κ1) is 17.3. The standard InChI is InChI=1S/C14H28N2O3S/c1-5-20(18,19)10-12(3)16(4)14(17)15-13-8-6-7-11(2)9-13/h11-13H,5-10H2,1-4H3,(H,15,17)/t11-,12+,13-/m1/s1. The number of amides is 2. The number of carbonyl (C=O) groups is 1. The highest BCUT2D eigenvalue weighted by Crippen LogP contribution is 2.23. The molecule has 0 aromatic carbocycles. The van der Waals surface area contributed by atoms with Crippen molar-refractivity contribution in [3.8, 4) is 0 Å². The first-order valence-corrected chi connectivity index (χ1v) is 9.31. The Morgan fingerprint density at radius 2 is 2.05 bits per heavy atom. The summed E-state index contributed by atoms with van der Waals surface area (Å²) >= 11 is 0. The summed E-state index contributed by atoms with van der Waals surface area (Å²) in [5.74, 6) is 0.791. The predicted molar refractivity (Wildman–Crippen MR) is 81.5 cm³/mol. The molecule has 0 spiro atoms. The second-order valence-electron chi connectivity index (χ2n) is 6.08. The Hall–Kier alpha value is -0.780. The van der Waals surface area contributed by atoms with E-state index in [1.807, 2.05) is 0 Å². The number of carbonyl (C=O) groups excluding carboxylic acids is 1. The lowest BCUT2D eigenvalue weighted by Gasteiger charge is -2.31. The zero-order valence-corrected chi connectivity index (χ0v) is 13.9. The van der Waals surface area contributed by atoms with Crippen LogP contribution in [-0.2, 0) is 9.84 Å². The minimum absolute atomic E-state index is 0.0223. The van der Waals surface area contributed by atoms with Gasteiger partial charge in [0.05, 0.1) is 5.75 Å². The monoisotopic (exact) mass is 304 g/mol. The van der Waals surface area contributed by atoms with Crippen molar-refractivity contribution >= 4 is 15.9 Å². The van der Waals surface area contributed by atoms with Gasteiger partial charge >= 0.3 is 6.03 Å². The molecule has 1 N–H and O–H groups in total. The molecule has 5 nitrogen and oxygen atoms in total. The van der Waals surface area contributed by atoms with E-state index in [9.17, 15) is 13.2 Å². The fourth-order valence-electron chi connectivity index (χ4n) is 2.64. The number of nitrogens with one attached hydrogen (secondary N) is 1. The molecule has 1 aliphatic rings. The molecule has 3 atom stereocenters. The Balaban J connectivity index is 2.49. The second kappa shape index (κ2) is 7.29. The van der Waals surface area contributed by atoms with Gasteiger partial charge in [-0.05, 0) is 25.7 Å². The molecule has 0 radical (unpaired) electrons. The highest BCUT2D eigenvalue weighted by Gasteiger charge is 2.25. The number of sulfone groups is 1. The molecule has 0 unspecified atom stereocenters. The van der Waals surface area contributed by atoms with Gasteiger partial charge in [0.25, 0.3) is 0 Å². The third-order valence-corrected chi connectivity index (χ3v) is 6.05. The fourth-order valence-corrected chi connectivity index (χ4v) is 3.83. The maximum atomic E-state index is 12.2. The van der Waals surface area contributed by atoms with Crippen molar-refractivity contribution in [3.63, 3.8) is 0 Å². The average molecular weight is 304 g/mol. The van der Waals surface area contributed by atoms with Crippen LogP contribution in [-0.4, -0.2) is 50.0 Å². The molecule has 118 valence electrons. The summed E-state index contributed by atoms with van der Waals surface area (Å²) in [7, 11) is -1.40. The number of hydrogen-bond acceptors (Lipinski definition) is 3. The smallest absolute Gasteiger partial charge is 0.317 e. The van der Waals surface area contributed by atoms with Gasteiger partial charge in [0, 0.05) is 24.9 Å². The molecule has 0 aliphatic heterocycles. The fraction of sp³-hybridized carbons (Fsp3) is 0.929. The zero-order valence-electron chi connectivity index (χ0n) is 13.1. The van der Waals surface area contributed by atoms with Crippen LogP contribution in [0.1, 0.15) is 46.5 Å². The van der Waals surface area contributed by atoms with Crippen molar-refractivity contribution in [3.05, 3.63) is 0 Å². The Bertz CT molecular complexity index is 422. The van der Waals surface area contributed by atoms with E-state index in [-0.39, 0.29) is 29.6 Å². The van der Waals surface area contributed by atoms with E-state index in [1.54, 1.807) is 20.9 Å². The lowest BCUT2D eigenvalue weighted by atomic mass is 9.87. The van der Waals surface area contributed by atoms with Crippen LogP contribution in [0.15, 0.2) is 0 Å². The van der Waals surface area contributed by atoms with Crippen LogP contribution < -0.4 is 5.32 Å². The van der Waals surface area contributed by atoms with Crippen molar-refractivity contribution < 1.29 is 13.2 Å². The minimum Gasteiger partial charge on any atom is -0.335 e. The maximum Gasteiger partial charge on any atom is 0.317 e. The quantitative estimate of drug-likeness (QED) is 0.845. The lowest BCUT2D eigenvalue weighted by molar-refractivity contribution is 0.187. The summed E-state index contributed by atoms with van der Waals surface area (Å²) in [5.41, 5.74) is 0. The molecule has 2 amide bonds. The van der Waals surface area contributed by atoms with E-state index in [4.69, 9.17) is 0 Å². The van der Waals surface area contributed by atoms with Gasteiger partial charge < -0.3 is 10.2 Å². The van der Waals surface area contributed by atoms with Crippen molar-refractivity contribution in [2.45, 2.75) is 58.5 Å². The molecule has 6 heteroatoms. The summed E-state index contributed by atoms with van der Waals surface area (Å²) in [5, 5.41) is 3.03. The molecular formula is C14H28N2O3S. The van der Waals surface area contributed by atoms with Crippen molar-refractivity contribution in [2.75, 3.05) is 18.6 Å². The van der Waals surface area contributed by atoms with Gasteiger partial charge in [0.1, 0.15) is 0 Å². The van der Waals surface area contributed by atoms with Crippen LogP contribution in [0.2, 0.25) is 0 Å². The van der Waals surface area contributed by atoms with Crippen molar-refractivity contribution in [1.29, 1.82) is 0 Å².